The summed E-state index contributed by atoms with van der Waals surface area (Å²) < 4.78 is 10.2. The van der Waals surface area contributed by atoms with Gasteiger partial charge < -0.3 is 14.2 Å². The highest BCUT2D eigenvalue weighted by molar-refractivity contribution is 7.15. The number of aromatic nitrogens is 2. The third-order valence-electron chi connectivity index (χ3n) is 3.42. The molecule has 7 nitrogen and oxygen atoms in total. The highest BCUT2D eigenvalue weighted by Crippen LogP contribution is 2.28. The molecule has 0 aliphatic carbocycles. The Labute approximate surface area is 138 Å². The summed E-state index contributed by atoms with van der Waals surface area (Å²) >= 11 is 1.39. The fraction of sp³-hybridized carbons (Fsp3) is 0.0625. The Morgan fingerprint density at radius 1 is 1.33 bits per heavy atom. The third-order valence-corrected chi connectivity index (χ3v) is 4.41. The Kier molecular flexibility index (Phi) is 3.31. The number of oxazole rings is 1. The monoisotopic (exact) mass is 341 g/mol. The molecule has 0 bridgehead atoms. The van der Waals surface area contributed by atoms with Crippen molar-refractivity contribution in [2.75, 3.05) is 5.32 Å². The minimum Gasteiger partial charge on any atom is -0.462 e. The summed E-state index contributed by atoms with van der Waals surface area (Å²) in [5.74, 6) is -0.238. The van der Waals surface area contributed by atoms with Crippen LogP contribution in [0.3, 0.4) is 0 Å². The molecule has 120 valence electrons. The lowest BCUT2D eigenvalue weighted by molar-refractivity contribution is 0.102. The second-order valence-corrected chi connectivity index (χ2v) is 6.28. The summed E-state index contributed by atoms with van der Waals surface area (Å²) in [6, 6.07) is 8.47. The van der Waals surface area contributed by atoms with Gasteiger partial charge in [0.2, 0.25) is 0 Å². The van der Waals surface area contributed by atoms with E-state index >= 15 is 0 Å². The molecule has 2 N–H and O–H groups in total. The molecule has 3 aromatic heterocycles. The number of rotatable bonds is 3. The van der Waals surface area contributed by atoms with Crippen molar-refractivity contribution in [2.24, 2.45) is 0 Å². The van der Waals surface area contributed by atoms with E-state index in [-0.39, 0.29) is 5.91 Å². The van der Waals surface area contributed by atoms with Crippen molar-refractivity contribution in [1.29, 1.82) is 0 Å². The predicted molar refractivity (Wildman–Crippen MR) is 89.3 cm³/mol. The van der Waals surface area contributed by atoms with Gasteiger partial charge in [0.1, 0.15) is 5.69 Å². The molecule has 0 saturated heterocycles. The maximum absolute atomic E-state index is 12.5. The first-order valence-corrected chi connectivity index (χ1v) is 7.87. The summed E-state index contributed by atoms with van der Waals surface area (Å²) in [7, 11) is 0. The molecule has 4 aromatic rings. The Bertz CT molecular complexity index is 1090. The molecule has 1 aromatic carbocycles. The molecule has 3 heterocycles. The van der Waals surface area contributed by atoms with Gasteiger partial charge in [0.05, 0.1) is 11.8 Å². The molecule has 0 aliphatic heterocycles. The van der Waals surface area contributed by atoms with Crippen LogP contribution in [-0.2, 0) is 0 Å². The van der Waals surface area contributed by atoms with Crippen molar-refractivity contribution < 1.29 is 13.6 Å². The molecule has 0 aliphatic rings. The van der Waals surface area contributed by atoms with E-state index < -0.39 is 5.76 Å². The van der Waals surface area contributed by atoms with Crippen molar-refractivity contribution in [3.8, 4) is 10.8 Å². The first-order chi connectivity index (χ1) is 11.6. The Morgan fingerprint density at radius 2 is 2.21 bits per heavy atom. The Morgan fingerprint density at radius 3 is 3.00 bits per heavy atom. The number of anilines is 1. The molecule has 0 saturated carbocycles. The van der Waals surface area contributed by atoms with Crippen LogP contribution < -0.4 is 11.1 Å². The number of H-pyrrole nitrogens is 1. The van der Waals surface area contributed by atoms with E-state index in [1.54, 1.807) is 36.6 Å². The van der Waals surface area contributed by atoms with Crippen LogP contribution >= 0.6 is 11.3 Å². The van der Waals surface area contributed by atoms with Crippen LogP contribution in [0.25, 0.3) is 21.9 Å². The number of carbonyl (C=O) groups is 1. The lowest BCUT2D eigenvalue weighted by Gasteiger charge is -2.03. The van der Waals surface area contributed by atoms with Crippen LogP contribution in [0.2, 0.25) is 0 Å². The SMILES string of the molecule is Cc1sc(-c2ccco2)nc1C(=O)Nc1ccc2oc(=O)[nH]c2c1. The summed E-state index contributed by atoms with van der Waals surface area (Å²) in [5, 5.41) is 3.42. The van der Waals surface area contributed by atoms with Gasteiger partial charge in [-0.25, -0.2) is 9.78 Å². The fourth-order valence-corrected chi connectivity index (χ4v) is 3.21. The number of fused-ring (bicyclic) bond motifs is 1. The highest BCUT2D eigenvalue weighted by Gasteiger charge is 2.18. The van der Waals surface area contributed by atoms with Gasteiger partial charge in [0, 0.05) is 10.6 Å². The predicted octanol–water partition coefficient (Wildman–Crippen LogP) is 3.40. The van der Waals surface area contributed by atoms with Gasteiger partial charge in [0.15, 0.2) is 16.4 Å². The largest absolute Gasteiger partial charge is 0.462 e. The molecular formula is C16H11N3O4S. The van der Waals surface area contributed by atoms with E-state index in [1.807, 2.05) is 6.92 Å². The van der Waals surface area contributed by atoms with Crippen molar-refractivity contribution in [1.82, 2.24) is 9.97 Å². The molecule has 4 rings (SSSR count). The minimum atomic E-state index is -0.535. The zero-order valence-corrected chi connectivity index (χ0v) is 13.3. The summed E-state index contributed by atoms with van der Waals surface area (Å²) in [6.45, 7) is 1.83. The number of aromatic amines is 1. The number of amides is 1. The van der Waals surface area contributed by atoms with E-state index in [0.29, 0.717) is 33.2 Å². The summed E-state index contributed by atoms with van der Waals surface area (Å²) in [4.78, 5) is 31.3. The van der Waals surface area contributed by atoms with Gasteiger partial charge in [-0.2, -0.15) is 0 Å². The van der Waals surface area contributed by atoms with E-state index in [0.717, 1.165) is 4.88 Å². The van der Waals surface area contributed by atoms with Crippen LogP contribution in [0.1, 0.15) is 15.4 Å². The fourth-order valence-electron chi connectivity index (χ4n) is 2.33. The van der Waals surface area contributed by atoms with Gasteiger partial charge in [0.25, 0.3) is 5.91 Å². The van der Waals surface area contributed by atoms with Crippen LogP contribution in [0.15, 0.2) is 50.2 Å². The van der Waals surface area contributed by atoms with E-state index in [4.69, 9.17) is 8.83 Å². The topological polar surface area (TPSA) is 101 Å². The van der Waals surface area contributed by atoms with Crippen molar-refractivity contribution >= 4 is 34.0 Å². The first-order valence-electron chi connectivity index (χ1n) is 7.06. The zero-order chi connectivity index (χ0) is 16.7. The number of carbonyl (C=O) groups excluding carboxylic acids is 1. The molecule has 24 heavy (non-hydrogen) atoms. The summed E-state index contributed by atoms with van der Waals surface area (Å²) in [6.07, 6.45) is 1.56. The van der Waals surface area contributed by atoms with E-state index in [9.17, 15) is 9.59 Å². The van der Waals surface area contributed by atoms with Gasteiger partial charge >= 0.3 is 5.76 Å². The smallest absolute Gasteiger partial charge is 0.417 e. The second-order valence-electron chi connectivity index (χ2n) is 5.08. The third kappa shape index (κ3) is 2.52. The van der Waals surface area contributed by atoms with Gasteiger partial charge in [-0.15, -0.1) is 11.3 Å². The number of nitrogens with zero attached hydrogens (tertiary/aromatic N) is 1. The van der Waals surface area contributed by atoms with Crippen LogP contribution in [-0.4, -0.2) is 15.9 Å². The standard InChI is InChI=1S/C16H11N3O4S/c1-8-13(19-15(24-8)12-3-2-6-22-12)14(20)17-9-4-5-11-10(7-9)18-16(21)23-11/h2-7H,1H3,(H,17,20)(H,18,21). The van der Waals surface area contributed by atoms with E-state index in [2.05, 4.69) is 15.3 Å². The number of aryl methyl sites for hydroxylation is 1. The number of nitrogens with one attached hydrogen (secondary N) is 2. The maximum Gasteiger partial charge on any atom is 0.417 e. The summed E-state index contributed by atoms with van der Waals surface area (Å²) in [5.41, 5.74) is 1.83. The molecule has 0 radical (unpaired) electrons. The van der Waals surface area contributed by atoms with Gasteiger partial charge in [-0.05, 0) is 37.3 Å². The number of hydrogen-bond acceptors (Lipinski definition) is 6. The second kappa shape index (κ2) is 5.50. The Hall–Kier alpha value is -3.13. The van der Waals surface area contributed by atoms with Gasteiger partial charge in [-0.1, -0.05) is 0 Å². The van der Waals surface area contributed by atoms with Crippen LogP contribution in [0.5, 0.6) is 0 Å². The normalized spacial score (nSPS) is 11.0. The lowest BCUT2D eigenvalue weighted by atomic mass is 10.2. The molecule has 0 fully saturated rings. The molecule has 0 spiro atoms. The first kappa shape index (κ1) is 14.5. The van der Waals surface area contributed by atoms with Crippen molar-refractivity contribution in [3.05, 3.63) is 57.7 Å². The van der Waals surface area contributed by atoms with Crippen LogP contribution in [0, 0.1) is 6.92 Å². The molecule has 0 atom stereocenters. The average Bonchev–Trinajstić information content (AvgIpc) is 3.24. The molecule has 8 heteroatoms. The number of thiazole rings is 1. The number of furan rings is 1. The molecule has 1 amide bonds. The quantitative estimate of drug-likeness (QED) is 0.595. The molecular weight excluding hydrogens is 330 g/mol. The average molecular weight is 341 g/mol. The lowest BCUT2D eigenvalue weighted by Crippen LogP contribution is -2.13. The van der Waals surface area contributed by atoms with Crippen molar-refractivity contribution in [2.45, 2.75) is 6.92 Å². The maximum atomic E-state index is 12.5. The number of hydrogen-bond donors (Lipinski definition) is 2. The minimum absolute atomic E-state index is 0.327. The Balaban J connectivity index is 1.62. The molecule has 0 unspecified atom stereocenters. The van der Waals surface area contributed by atoms with E-state index in [1.165, 1.54) is 11.3 Å². The number of benzene rings is 1. The zero-order valence-electron chi connectivity index (χ0n) is 12.5. The van der Waals surface area contributed by atoms with Crippen LogP contribution in [0.4, 0.5) is 5.69 Å². The van der Waals surface area contributed by atoms with Crippen molar-refractivity contribution in [3.63, 3.8) is 0 Å². The highest BCUT2D eigenvalue weighted by atomic mass is 32.1. The van der Waals surface area contributed by atoms with Gasteiger partial charge in [-0.3, -0.25) is 9.78 Å².